The highest BCUT2D eigenvalue weighted by Crippen LogP contribution is 2.37. The SMILES string of the molecule is CC(CC(C)(C)C)C(C)(C)C(=O)OCCCCCCCCCCCOc1ccc2cc(-c3ccccc3)c(=O)oc2n1. The molecule has 0 spiro atoms. The van der Waals surface area contributed by atoms with E-state index in [1.807, 2.05) is 62.4 Å². The van der Waals surface area contributed by atoms with Crippen LogP contribution in [0.4, 0.5) is 0 Å². The number of rotatable bonds is 17. The first-order valence-electron chi connectivity index (χ1n) is 15.8. The van der Waals surface area contributed by atoms with E-state index in [1.165, 1.54) is 32.1 Å². The topological polar surface area (TPSA) is 78.6 Å². The van der Waals surface area contributed by atoms with E-state index in [0.717, 1.165) is 43.1 Å². The zero-order valence-electron chi connectivity index (χ0n) is 26.7. The first-order chi connectivity index (χ1) is 20.0. The quantitative estimate of drug-likeness (QED) is 0.117. The number of hydrogen-bond acceptors (Lipinski definition) is 6. The summed E-state index contributed by atoms with van der Waals surface area (Å²) >= 11 is 0. The third-order valence-corrected chi connectivity index (χ3v) is 8.11. The van der Waals surface area contributed by atoms with Gasteiger partial charge in [0.25, 0.3) is 0 Å². The molecule has 0 saturated carbocycles. The molecular formula is C36H51NO5. The lowest BCUT2D eigenvalue weighted by Crippen LogP contribution is -2.35. The van der Waals surface area contributed by atoms with Gasteiger partial charge in [0.05, 0.1) is 24.2 Å². The molecule has 0 fully saturated rings. The minimum absolute atomic E-state index is 0.0661. The van der Waals surface area contributed by atoms with Crippen LogP contribution in [0.1, 0.15) is 106 Å². The molecule has 2 aromatic heterocycles. The minimum atomic E-state index is -0.449. The van der Waals surface area contributed by atoms with Crippen LogP contribution in [0.3, 0.4) is 0 Å². The van der Waals surface area contributed by atoms with Crippen molar-refractivity contribution >= 4 is 17.1 Å². The van der Waals surface area contributed by atoms with Gasteiger partial charge in [0, 0.05) is 11.5 Å². The van der Waals surface area contributed by atoms with Crippen LogP contribution in [0.2, 0.25) is 0 Å². The summed E-state index contributed by atoms with van der Waals surface area (Å²) < 4.78 is 16.9. The largest absolute Gasteiger partial charge is 0.478 e. The maximum absolute atomic E-state index is 12.6. The maximum Gasteiger partial charge on any atom is 0.345 e. The number of aromatic nitrogens is 1. The maximum atomic E-state index is 12.6. The first-order valence-corrected chi connectivity index (χ1v) is 15.8. The van der Waals surface area contributed by atoms with E-state index in [2.05, 4.69) is 32.7 Å². The van der Waals surface area contributed by atoms with Gasteiger partial charge in [-0.3, -0.25) is 4.79 Å². The van der Waals surface area contributed by atoms with Gasteiger partial charge < -0.3 is 13.9 Å². The van der Waals surface area contributed by atoms with E-state index in [1.54, 1.807) is 0 Å². The van der Waals surface area contributed by atoms with Gasteiger partial charge in [-0.05, 0) is 62.1 Å². The number of carbonyl (C=O) groups is 1. The summed E-state index contributed by atoms with van der Waals surface area (Å²) in [6.07, 6.45) is 11.2. The normalized spacial score (nSPS) is 12.8. The van der Waals surface area contributed by atoms with Crippen molar-refractivity contribution in [3.05, 3.63) is 59.0 Å². The van der Waals surface area contributed by atoms with E-state index < -0.39 is 11.0 Å². The molecule has 2 heterocycles. The lowest BCUT2D eigenvalue weighted by molar-refractivity contribution is -0.157. The van der Waals surface area contributed by atoms with Crippen LogP contribution < -0.4 is 10.4 Å². The third-order valence-electron chi connectivity index (χ3n) is 8.11. The van der Waals surface area contributed by atoms with Crippen molar-refractivity contribution < 1.29 is 18.7 Å². The summed E-state index contributed by atoms with van der Waals surface area (Å²) in [5.41, 5.74) is 1.01. The summed E-state index contributed by atoms with van der Waals surface area (Å²) in [7, 11) is 0. The van der Waals surface area contributed by atoms with Gasteiger partial charge in [-0.25, -0.2) is 4.79 Å². The van der Waals surface area contributed by atoms with Crippen molar-refractivity contribution in [3.8, 4) is 17.0 Å². The Morgan fingerprint density at radius 2 is 1.43 bits per heavy atom. The molecule has 0 radical (unpaired) electrons. The fourth-order valence-electron chi connectivity index (χ4n) is 5.23. The number of nitrogens with zero attached hydrogens (tertiary/aromatic N) is 1. The van der Waals surface area contributed by atoms with Gasteiger partial charge in [-0.2, -0.15) is 4.98 Å². The molecule has 1 atom stereocenters. The van der Waals surface area contributed by atoms with Gasteiger partial charge in [0.15, 0.2) is 0 Å². The Kier molecular flexibility index (Phi) is 12.6. The van der Waals surface area contributed by atoms with Gasteiger partial charge in [0.1, 0.15) is 0 Å². The van der Waals surface area contributed by atoms with Crippen molar-refractivity contribution in [1.82, 2.24) is 4.98 Å². The Morgan fingerprint density at radius 1 is 0.833 bits per heavy atom. The highest BCUT2D eigenvalue weighted by molar-refractivity contribution is 5.79. The molecule has 0 bridgehead atoms. The highest BCUT2D eigenvalue weighted by atomic mass is 16.5. The summed E-state index contributed by atoms with van der Waals surface area (Å²) in [4.78, 5) is 29.5. The molecule has 1 unspecified atom stereocenters. The second-order valence-corrected chi connectivity index (χ2v) is 13.4. The number of hydrogen-bond donors (Lipinski definition) is 0. The highest BCUT2D eigenvalue weighted by Gasteiger charge is 2.37. The molecule has 0 saturated heterocycles. The predicted molar refractivity (Wildman–Crippen MR) is 171 cm³/mol. The Hall–Kier alpha value is -3.15. The van der Waals surface area contributed by atoms with Crippen LogP contribution >= 0.6 is 0 Å². The average molecular weight is 578 g/mol. The molecule has 6 heteroatoms. The standard InChI is InChI=1S/C36H51NO5/c1-27(26-35(2,3)4)36(5,6)34(39)41-24-18-13-11-9-7-8-10-12-17-23-40-31-22-21-29-25-30(28-19-15-14-16-20-28)33(38)42-32(29)37-31/h14-16,19-22,25,27H,7-13,17-18,23-24,26H2,1-6H3. The number of unbranched alkanes of at least 4 members (excludes halogenated alkanes) is 8. The third kappa shape index (κ3) is 10.6. The van der Waals surface area contributed by atoms with Crippen molar-refractivity contribution in [2.24, 2.45) is 16.7 Å². The molecule has 0 amide bonds. The van der Waals surface area contributed by atoms with Crippen LogP contribution in [0.25, 0.3) is 22.2 Å². The monoisotopic (exact) mass is 577 g/mol. The predicted octanol–water partition coefficient (Wildman–Crippen LogP) is 9.39. The molecule has 3 aromatic rings. The van der Waals surface area contributed by atoms with Crippen LogP contribution in [0.5, 0.6) is 5.88 Å². The van der Waals surface area contributed by atoms with Crippen molar-refractivity contribution in [1.29, 1.82) is 0 Å². The van der Waals surface area contributed by atoms with Gasteiger partial charge in [-0.15, -0.1) is 0 Å². The van der Waals surface area contributed by atoms with Gasteiger partial charge in [-0.1, -0.05) is 103 Å². The Balaban J connectivity index is 1.22. The molecule has 3 rings (SSSR count). The van der Waals surface area contributed by atoms with Gasteiger partial charge in [0.2, 0.25) is 11.6 Å². The minimum Gasteiger partial charge on any atom is -0.478 e. The van der Waals surface area contributed by atoms with Crippen molar-refractivity contribution in [2.75, 3.05) is 13.2 Å². The van der Waals surface area contributed by atoms with E-state index in [0.29, 0.717) is 30.4 Å². The molecule has 0 aliphatic carbocycles. The number of carbonyl (C=O) groups excluding carboxylic acids is 1. The summed E-state index contributed by atoms with van der Waals surface area (Å²) in [6, 6.07) is 15.0. The molecule has 6 nitrogen and oxygen atoms in total. The van der Waals surface area contributed by atoms with E-state index >= 15 is 0 Å². The smallest absolute Gasteiger partial charge is 0.345 e. The zero-order chi connectivity index (χ0) is 30.6. The second kappa shape index (κ2) is 15.9. The van der Waals surface area contributed by atoms with Crippen LogP contribution in [-0.2, 0) is 9.53 Å². The van der Waals surface area contributed by atoms with Crippen molar-refractivity contribution in [3.63, 3.8) is 0 Å². The van der Waals surface area contributed by atoms with E-state index in [4.69, 9.17) is 13.9 Å². The molecular weight excluding hydrogens is 526 g/mol. The first kappa shape index (κ1) is 33.4. The van der Waals surface area contributed by atoms with E-state index in [-0.39, 0.29) is 17.3 Å². The summed E-state index contributed by atoms with van der Waals surface area (Å²) in [5, 5.41) is 0.770. The molecule has 230 valence electrons. The Morgan fingerprint density at radius 3 is 2.05 bits per heavy atom. The summed E-state index contributed by atoms with van der Waals surface area (Å²) in [6.45, 7) is 14.0. The molecule has 0 aliphatic rings. The lowest BCUT2D eigenvalue weighted by Gasteiger charge is -2.34. The molecule has 0 N–H and O–H groups in total. The fourth-order valence-corrected chi connectivity index (χ4v) is 5.23. The number of fused-ring (bicyclic) bond motifs is 1. The Bertz CT molecular complexity index is 1310. The average Bonchev–Trinajstić information content (AvgIpc) is 2.94. The second-order valence-electron chi connectivity index (χ2n) is 13.4. The number of pyridine rings is 1. The molecule has 42 heavy (non-hydrogen) atoms. The van der Waals surface area contributed by atoms with Crippen LogP contribution in [0, 0.1) is 16.7 Å². The van der Waals surface area contributed by atoms with Gasteiger partial charge >= 0.3 is 11.6 Å². The van der Waals surface area contributed by atoms with Crippen LogP contribution in [0.15, 0.2) is 57.7 Å². The zero-order valence-corrected chi connectivity index (χ0v) is 26.7. The number of benzene rings is 1. The van der Waals surface area contributed by atoms with E-state index in [9.17, 15) is 9.59 Å². The summed E-state index contributed by atoms with van der Waals surface area (Å²) in [5.74, 6) is 0.695. The van der Waals surface area contributed by atoms with Crippen molar-refractivity contribution in [2.45, 2.75) is 106 Å². The number of esters is 1. The lowest BCUT2D eigenvalue weighted by atomic mass is 9.72. The molecule has 1 aromatic carbocycles. The molecule has 0 aliphatic heterocycles. The number of ether oxygens (including phenoxy) is 2. The van der Waals surface area contributed by atoms with Crippen LogP contribution in [-0.4, -0.2) is 24.2 Å². The fraction of sp³-hybridized carbons (Fsp3) is 0.583. The Labute approximate surface area is 252 Å².